The van der Waals surface area contributed by atoms with Crippen LogP contribution in [0.3, 0.4) is 0 Å². The molecule has 4 heteroatoms. The smallest absolute Gasteiger partial charge is 0.186 e. The van der Waals surface area contributed by atoms with Crippen molar-refractivity contribution in [3.8, 4) is 5.75 Å². The van der Waals surface area contributed by atoms with Crippen LogP contribution in [-0.4, -0.2) is 18.4 Å². The first kappa shape index (κ1) is 11.0. The number of carbonyl (C=O) groups excluding carboxylic acids is 1. The minimum Gasteiger partial charge on any atom is -0.491 e. The van der Waals surface area contributed by atoms with Gasteiger partial charge in [-0.3, -0.25) is 4.79 Å². The third-order valence-electron chi connectivity index (χ3n) is 2.16. The molecule has 0 saturated heterocycles. The van der Waals surface area contributed by atoms with Crippen molar-refractivity contribution >= 4 is 18.2 Å². The maximum Gasteiger partial charge on any atom is 0.186 e. The summed E-state index contributed by atoms with van der Waals surface area (Å²) in [5.41, 5.74) is 7.24. The van der Waals surface area contributed by atoms with Gasteiger partial charge in [0.1, 0.15) is 18.4 Å². The fourth-order valence-corrected chi connectivity index (χ4v) is 1.41. The lowest BCUT2D eigenvalue weighted by Gasteiger charge is -2.21. The summed E-state index contributed by atoms with van der Waals surface area (Å²) < 4.78 is 5.34. The van der Waals surface area contributed by atoms with Crippen LogP contribution >= 0.6 is 12.4 Å². The van der Waals surface area contributed by atoms with E-state index in [0.717, 1.165) is 5.56 Å². The Morgan fingerprint density at radius 1 is 1.50 bits per heavy atom. The van der Waals surface area contributed by atoms with Gasteiger partial charge in [0.05, 0.1) is 5.56 Å². The Hall–Kier alpha value is -1.06. The maximum atomic E-state index is 11.5. The number of benzene rings is 1. The molecule has 0 fully saturated rings. The lowest BCUT2D eigenvalue weighted by molar-refractivity contribution is 0.0900. The van der Waals surface area contributed by atoms with E-state index in [1.165, 1.54) is 0 Å². The van der Waals surface area contributed by atoms with Gasteiger partial charge in [-0.1, -0.05) is 6.07 Å². The predicted molar refractivity (Wildman–Crippen MR) is 56.2 cm³/mol. The molecule has 0 amide bonds. The van der Waals surface area contributed by atoms with Gasteiger partial charge in [-0.2, -0.15) is 0 Å². The highest BCUT2D eigenvalue weighted by Gasteiger charge is 2.25. The molecule has 3 nitrogen and oxygen atoms in total. The molecule has 2 rings (SSSR count). The number of rotatable bonds is 0. The maximum absolute atomic E-state index is 11.5. The van der Waals surface area contributed by atoms with Crippen molar-refractivity contribution in [2.45, 2.75) is 13.0 Å². The van der Waals surface area contributed by atoms with Gasteiger partial charge in [-0.15, -0.1) is 12.4 Å². The first-order valence-electron chi connectivity index (χ1n) is 4.22. The van der Waals surface area contributed by atoms with Crippen LogP contribution in [0.1, 0.15) is 15.9 Å². The van der Waals surface area contributed by atoms with Crippen molar-refractivity contribution in [3.63, 3.8) is 0 Å². The molecule has 1 heterocycles. The molecular formula is C10H12ClNO2. The quantitative estimate of drug-likeness (QED) is 0.707. The van der Waals surface area contributed by atoms with E-state index in [9.17, 15) is 4.79 Å². The molecule has 1 aliphatic heterocycles. The number of hydrogen-bond donors (Lipinski definition) is 1. The molecule has 0 spiro atoms. The van der Waals surface area contributed by atoms with E-state index in [-0.39, 0.29) is 24.8 Å². The van der Waals surface area contributed by atoms with Gasteiger partial charge in [-0.05, 0) is 24.6 Å². The number of ether oxygens (including phenoxy) is 1. The highest BCUT2D eigenvalue weighted by molar-refractivity contribution is 6.03. The number of Topliss-reactive ketones (excluding diaryl/α,β-unsaturated/α-hetero) is 1. The Kier molecular flexibility index (Phi) is 3.13. The van der Waals surface area contributed by atoms with Crippen molar-refractivity contribution < 1.29 is 9.53 Å². The van der Waals surface area contributed by atoms with Crippen molar-refractivity contribution in [2.75, 3.05) is 6.61 Å². The number of aryl methyl sites for hydroxylation is 1. The summed E-state index contributed by atoms with van der Waals surface area (Å²) in [6.45, 7) is 2.25. The van der Waals surface area contributed by atoms with Gasteiger partial charge in [-0.25, -0.2) is 0 Å². The number of hydrogen-bond acceptors (Lipinski definition) is 3. The van der Waals surface area contributed by atoms with E-state index in [2.05, 4.69) is 0 Å². The third-order valence-corrected chi connectivity index (χ3v) is 2.16. The molecule has 0 aromatic heterocycles. The summed E-state index contributed by atoms with van der Waals surface area (Å²) in [6, 6.07) is 5.01. The Balaban J connectivity index is 0.000000980. The average Bonchev–Trinajstić information content (AvgIpc) is 2.12. The molecular weight excluding hydrogens is 202 g/mol. The lowest BCUT2D eigenvalue weighted by atomic mass is 10.0. The molecule has 1 aliphatic rings. The number of fused-ring (bicyclic) bond motifs is 1. The average molecular weight is 214 g/mol. The summed E-state index contributed by atoms with van der Waals surface area (Å²) in [5.74, 6) is 0.632. The lowest BCUT2D eigenvalue weighted by Crippen LogP contribution is -2.40. The molecule has 0 bridgehead atoms. The second-order valence-corrected chi connectivity index (χ2v) is 3.28. The van der Waals surface area contributed by atoms with Crippen LogP contribution in [0.15, 0.2) is 18.2 Å². The topological polar surface area (TPSA) is 52.3 Å². The van der Waals surface area contributed by atoms with Crippen LogP contribution in [0, 0.1) is 6.92 Å². The molecule has 0 saturated carbocycles. The molecule has 2 N–H and O–H groups in total. The highest BCUT2D eigenvalue weighted by atomic mass is 35.5. The zero-order chi connectivity index (χ0) is 9.42. The van der Waals surface area contributed by atoms with E-state index >= 15 is 0 Å². The van der Waals surface area contributed by atoms with Crippen LogP contribution in [0.4, 0.5) is 0 Å². The van der Waals surface area contributed by atoms with Crippen molar-refractivity contribution in [1.82, 2.24) is 0 Å². The number of halogens is 1. The largest absolute Gasteiger partial charge is 0.491 e. The van der Waals surface area contributed by atoms with Gasteiger partial charge in [0.25, 0.3) is 0 Å². The fourth-order valence-electron chi connectivity index (χ4n) is 1.41. The molecule has 0 radical (unpaired) electrons. The summed E-state index contributed by atoms with van der Waals surface area (Å²) in [6.07, 6.45) is 0. The summed E-state index contributed by atoms with van der Waals surface area (Å²) >= 11 is 0. The van der Waals surface area contributed by atoms with Crippen molar-refractivity contribution in [3.05, 3.63) is 29.3 Å². The number of nitrogens with two attached hydrogens (primary N) is 1. The van der Waals surface area contributed by atoms with E-state index < -0.39 is 6.04 Å². The van der Waals surface area contributed by atoms with Crippen molar-refractivity contribution in [1.29, 1.82) is 0 Å². The van der Waals surface area contributed by atoms with E-state index in [0.29, 0.717) is 11.3 Å². The van der Waals surface area contributed by atoms with Crippen LogP contribution in [0.2, 0.25) is 0 Å². The van der Waals surface area contributed by atoms with Crippen molar-refractivity contribution in [2.24, 2.45) is 5.73 Å². The Morgan fingerprint density at radius 2 is 2.21 bits per heavy atom. The Labute approximate surface area is 88.7 Å². The summed E-state index contributed by atoms with van der Waals surface area (Å²) in [5, 5.41) is 0. The second kappa shape index (κ2) is 3.98. The molecule has 14 heavy (non-hydrogen) atoms. The Bertz CT molecular complexity index is 365. The van der Waals surface area contributed by atoms with Crippen LogP contribution < -0.4 is 10.5 Å². The summed E-state index contributed by atoms with van der Waals surface area (Å²) in [7, 11) is 0. The standard InChI is InChI=1S/C10H11NO2.ClH/c1-6-2-3-7-9(4-6)13-5-8(11)10(7)12;/h2-4,8H,5,11H2,1H3;1H. The van der Waals surface area contributed by atoms with Gasteiger partial charge in [0.15, 0.2) is 5.78 Å². The minimum absolute atomic E-state index is 0. The molecule has 1 unspecified atom stereocenters. The normalized spacial score (nSPS) is 19.3. The van der Waals surface area contributed by atoms with Crippen LogP contribution in [0.5, 0.6) is 5.75 Å². The van der Waals surface area contributed by atoms with Crippen LogP contribution in [-0.2, 0) is 0 Å². The predicted octanol–water partition coefficient (Wildman–Crippen LogP) is 1.32. The first-order valence-corrected chi connectivity index (χ1v) is 4.22. The third kappa shape index (κ3) is 1.74. The fraction of sp³-hybridized carbons (Fsp3) is 0.300. The molecule has 76 valence electrons. The minimum atomic E-state index is -0.504. The molecule has 0 aliphatic carbocycles. The van der Waals surface area contributed by atoms with Gasteiger partial charge in [0, 0.05) is 0 Å². The van der Waals surface area contributed by atoms with E-state index in [4.69, 9.17) is 10.5 Å². The second-order valence-electron chi connectivity index (χ2n) is 3.28. The van der Waals surface area contributed by atoms with E-state index in [1.807, 2.05) is 19.1 Å². The highest BCUT2D eigenvalue weighted by Crippen LogP contribution is 2.24. The van der Waals surface area contributed by atoms with Gasteiger partial charge < -0.3 is 10.5 Å². The molecule has 1 atom stereocenters. The number of ketones is 1. The Morgan fingerprint density at radius 3 is 2.93 bits per heavy atom. The molecule has 1 aromatic carbocycles. The molecule has 1 aromatic rings. The first-order chi connectivity index (χ1) is 6.18. The zero-order valence-corrected chi connectivity index (χ0v) is 8.64. The van der Waals surface area contributed by atoms with Crippen LogP contribution in [0.25, 0.3) is 0 Å². The summed E-state index contributed by atoms with van der Waals surface area (Å²) in [4.78, 5) is 11.5. The van der Waals surface area contributed by atoms with E-state index in [1.54, 1.807) is 6.07 Å². The number of carbonyl (C=O) groups is 1. The van der Waals surface area contributed by atoms with Gasteiger partial charge in [0.2, 0.25) is 0 Å². The zero-order valence-electron chi connectivity index (χ0n) is 7.82. The SMILES string of the molecule is Cc1ccc2c(c1)OCC(N)C2=O.Cl. The van der Waals surface area contributed by atoms with Gasteiger partial charge >= 0.3 is 0 Å². The monoisotopic (exact) mass is 213 g/mol.